The minimum Gasteiger partial charge on any atom is -0.466 e. The summed E-state index contributed by atoms with van der Waals surface area (Å²) in [6, 6.07) is 0. The molecule has 0 aliphatic heterocycles. The second-order valence-electron chi connectivity index (χ2n) is 3.36. The van der Waals surface area contributed by atoms with E-state index in [1.54, 1.807) is 13.2 Å². The molecular weight excluding hydrogens is 290 g/mol. The molecule has 0 radical (unpaired) electrons. The van der Waals surface area contributed by atoms with Crippen molar-refractivity contribution in [2.75, 3.05) is 19.4 Å². The summed E-state index contributed by atoms with van der Waals surface area (Å²) >= 11 is 7.16. The van der Waals surface area contributed by atoms with Gasteiger partial charge in [-0.2, -0.15) is 0 Å². The van der Waals surface area contributed by atoms with Crippen LogP contribution in [0.2, 0.25) is 5.02 Å². The van der Waals surface area contributed by atoms with Gasteiger partial charge in [0.05, 0.1) is 24.2 Å². The Morgan fingerprint density at radius 2 is 2.26 bits per heavy atom. The molecule has 1 rings (SSSR count). The Morgan fingerprint density at radius 3 is 2.89 bits per heavy atom. The summed E-state index contributed by atoms with van der Waals surface area (Å²) in [4.78, 5) is 30.9. The number of hydrogen-bond donors (Lipinski definition) is 1. The zero-order valence-corrected chi connectivity index (χ0v) is 12.2. The normalized spacial score (nSPS) is 10.1. The van der Waals surface area contributed by atoms with Crippen molar-refractivity contribution in [3.05, 3.63) is 16.9 Å². The largest absolute Gasteiger partial charge is 0.466 e. The molecule has 19 heavy (non-hydrogen) atoms. The maximum absolute atomic E-state index is 11.8. The molecule has 0 saturated heterocycles. The number of aromatic nitrogens is 2. The molecule has 0 saturated carbocycles. The van der Waals surface area contributed by atoms with E-state index >= 15 is 0 Å². The van der Waals surface area contributed by atoms with Gasteiger partial charge in [0, 0.05) is 6.54 Å². The summed E-state index contributed by atoms with van der Waals surface area (Å²) in [5.41, 5.74) is 0.102. The molecule has 0 atom stereocenters. The molecule has 1 N–H and O–H groups in total. The summed E-state index contributed by atoms with van der Waals surface area (Å²) < 4.78 is 4.74. The first kappa shape index (κ1) is 15.7. The molecule has 104 valence electrons. The van der Waals surface area contributed by atoms with Gasteiger partial charge in [0.1, 0.15) is 0 Å². The lowest BCUT2D eigenvalue weighted by molar-refractivity contribution is -0.142. The SMILES string of the molecule is CCOC(=O)CCNC(=O)c1nc(SC)ncc1Cl. The third-order valence-corrected chi connectivity index (χ3v) is 2.88. The highest BCUT2D eigenvalue weighted by molar-refractivity contribution is 7.98. The van der Waals surface area contributed by atoms with Crippen molar-refractivity contribution >= 4 is 35.2 Å². The lowest BCUT2D eigenvalue weighted by Gasteiger charge is -2.06. The zero-order valence-electron chi connectivity index (χ0n) is 10.6. The molecule has 1 amide bonds. The average Bonchev–Trinajstić information content (AvgIpc) is 2.39. The van der Waals surface area contributed by atoms with Crippen molar-refractivity contribution in [2.45, 2.75) is 18.5 Å². The predicted octanol–water partition coefficient (Wildman–Crippen LogP) is 1.53. The number of amides is 1. The Labute approximate surface area is 120 Å². The summed E-state index contributed by atoms with van der Waals surface area (Å²) in [5, 5.41) is 3.19. The third-order valence-electron chi connectivity index (χ3n) is 2.04. The van der Waals surface area contributed by atoms with Crippen LogP contribution in [0.1, 0.15) is 23.8 Å². The molecule has 0 aliphatic carbocycles. The van der Waals surface area contributed by atoms with Crippen LogP contribution in [-0.4, -0.2) is 41.3 Å². The zero-order chi connectivity index (χ0) is 14.3. The highest BCUT2D eigenvalue weighted by Crippen LogP contribution is 2.16. The second-order valence-corrected chi connectivity index (χ2v) is 4.54. The standard InChI is InChI=1S/C11H14ClN3O3S/c1-3-18-8(16)4-5-13-10(17)9-7(12)6-14-11(15-9)19-2/h6H,3-5H2,1-2H3,(H,13,17). The highest BCUT2D eigenvalue weighted by Gasteiger charge is 2.14. The number of carbonyl (C=O) groups is 2. The number of ether oxygens (including phenoxy) is 1. The summed E-state index contributed by atoms with van der Waals surface area (Å²) in [7, 11) is 0. The first-order valence-corrected chi connectivity index (χ1v) is 7.19. The fourth-order valence-electron chi connectivity index (χ4n) is 1.20. The maximum atomic E-state index is 11.8. The van der Waals surface area contributed by atoms with Gasteiger partial charge in [0.2, 0.25) is 0 Å². The monoisotopic (exact) mass is 303 g/mol. The Kier molecular flexibility index (Phi) is 6.58. The fraction of sp³-hybridized carbons (Fsp3) is 0.455. The second kappa shape index (κ2) is 7.96. The topological polar surface area (TPSA) is 81.2 Å². The number of rotatable bonds is 6. The highest BCUT2D eigenvalue weighted by atomic mass is 35.5. The number of esters is 1. The molecule has 0 unspecified atom stereocenters. The Balaban J connectivity index is 2.56. The number of nitrogens with zero attached hydrogens (tertiary/aromatic N) is 2. The Bertz CT molecular complexity index is 470. The summed E-state index contributed by atoms with van der Waals surface area (Å²) in [6.45, 7) is 2.22. The summed E-state index contributed by atoms with van der Waals surface area (Å²) in [6.07, 6.45) is 3.28. The summed E-state index contributed by atoms with van der Waals surface area (Å²) in [5.74, 6) is -0.798. The van der Waals surface area contributed by atoms with Gasteiger partial charge >= 0.3 is 5.97 Å². The predicted molar refractivity (Wildman–Crippen MR) is 72.4 cm³/mol. The van der Waals surface area contributed by atoms with Crippen LogP contribution in [-0.2, 0) is 9.53 Å². The van der Waals surface area contributed by atoms with E-state index in [1.165, 1.54) is 18.0 Å². The lowest BCUT2D eigenvalue weighted by Crippen LogP contribution is -2.27. The maximum Gasteiger partial charge on any atom is 0.307 e. The number of nitrogens with one attached hydrogen (secondary N) is 1. The van der Waals surface area contributed by atoms with E-state index in [1.807, 2.05) is 0 Å². The van der Waals surface area contributed by atoms with Crippen molar-refractivity contribution in [2.24, 2.45) is 0 Å². The first-order valence-electron chi connectivity index (χ1n) is 5.58. The van der Waals surface area contributed by atoms with Gasteiger partial charge in [-0.25, -0.2) is 9.97 Å². The molecule has 1 aromatic heterocycles. The minimum absolute atomic E-state index is 0.102. The molecular formula is C11H14ClN3O3S. The van der Waals surface area contributed by atoms with E-state index in [4.69, 9.17) is 16.3 Å². The first-order chi connectivity index (χ1) is 9.08. The van der Waals surface area contributed by atoms with E-state index in [-0.39, 0.29) is 29.7 Å². The van der Waals surface area contributed by atoms with Crippen LogP contribution in [0.15, 0.2) is 11.4 Å². The van der Waals surface area contributed by atoms with E-state index < -0.39 is 5.91 Å². The van der Waals surface area contributed by atoms with Crippen LogP contribution in [0.5, 0.6) is 0 Å². The van der Waals surface area contributed by atoms with Gasteiger partial charge in [-0.3, -0.25) is 9.59 Å². The van der Waals surface area contributed by atoms with Gasteiger partial charge in [-0.05, 0) is 13.2 Å². The molecule has 0 fully saturated rings. The molecule has 0 aliphatic rings. The fourth-order valence-corrected chi connectivity index (χ4v) is 1.72. The lowest BCUT2D eigenvalue weighted by atomic mass is 10.3. The van der Waals surface area contributed by atoms with E-state index in [2.05, 4.69) is 15.3 Å². The Hall–Kier alpha value is -1.34. The van der Waals surface area contributed by atoms with Gasteiger partial charge < -0.3 is 10.1 Å². The molecule has 6 nitrogen and oxygen atoms in total. The quantitative estimate of drug-likeness (QED) is 0.488. The minimum atomic E-state index is -0.438. The van der Waals surface area contributed by atoms with Crippen molar-refractivity contribution in [1.29, 1.82) is 0 Å². The molecule has 1 aromatic rings. The van der Waals surface area contributed by atoms with Crippen LogP contribution >= 0.6 is 23.4 Å². The van der Waals surface area contributed by atoms with Crippen LogP contribution in [0, 0.1) is 0 Å². The van der Waals surface area contributed by atoms with Gasteiger partial charge in [-0.15, -0.1) is 0 Å². The Morgan fingerprint density at radius 1 is 1.53 bits per heavy atom. The van der Waals surface area contributed by atoms with Crippen molar-refractivity contribution in [3.8, 4) is 0 Å². The number of thioether (sulfide) groups is 1. The molecule has 0 bridgehead atoms. The molecule has 8 heteroatoms. The van der Waals surface area contributed by atoms with Crippen molar-refractivity contribution in [3.63, 3.8) is 0 Å². The number of carbonyl (C=O) groups excluding carboxylic acids is 2. The van der Waals surface area contributed by atoms with Crippen LogP contribution in [0.3, 0.4) is 0 Å². The molecule has 0 spiro atoms. The van der Waals surface area contributed by atoms with Gasteiger partial charge in [0.25, 0.3) is 5.91 Å². The van der Waals surface area contributed by atoms with Crippen molar-refractivity contribution in [1.82, 2.24) is 15.3 Å². The van der Waals surface area contributed by atoms with Crippen molar-refractivity contribution < 1.29 is 14.3 Å². The smallest absolute Gasteiger partial charge is 0.307 e. The van der Waals surface area contributed by atoms with Crippen LogP contribution < -0.4 is 5.32 Å². The van der Waals surface area contributed by atoms with E-state index in [9.17, 15) is 9.59 Å². The van der Waals surface area contributed by atoms with Crippen LogP contribution in [0.25, 0.3) is 0 Å². The van der Waals surface area contributed by atoms with Crippen LogP contribution in [0.4, 0.5) is 0 Å². The number of halogens is 1. The third kappa shape index (κ3) is 5.04. The molecule has 0 aromatic carbocycles. The number of hydrogen-bond acceptors (Lipinski definition) is 6. The van der Waals surface area contributed by atoms with E-state index in [0.29, 0.717) is 11.8 Å². The van der Waals surface area contributed by atoms with Gasteiger partial charge in [0.15, 0.2) is 10.9 Å². The van der Waals surface area contributed by atoms with Gasteiger partial charge in [-0.1, -0.05) is 23.4 Å². The average molecular weight is 304 g/mol. The molecule has 1 heterocycles. The van der Waals surface area contributed by atoms with E-state index in [0.717, 1.165) is 0 Å².